The maximum atomic E-state index is 10.3. The molecule has 0 fully saturated rings. The van der Waals surface area contributed by atoms with Crippen molar-refractivity contribution < 1.29 is 14.4 Å². The highest BCUT2D eigenvalue weighted by Gasteiger charge is 2.11. The van der Waals surface area contributed by atoms with E-state index in [0.29, 0.717) is 11.5 Å². The fourth-order valence-corrected chi connectivity index (χ4v) is 1.54. The molecule has 1 atom stereocenters. The molecule has 13 heavy (non-hydrogen) atoms. The van der Waals surface area contributed by atoms with Gasteiger partial charge >= 0.3 is 5.97 Å². The van der Waals surface area contributed by atoms with Gasteiger partial charge in [0.15, 0.2) is 0 Å². The molecular formula is C7H10N2O3S. The van der Waals surface area contributed by atoms with Gasteiger partial charge in [-0.05, 0) is 0 Å². The molecule has 1 aromatic rings. The van der Waals surface area contributed by atoms with Gasteiger partial charge in [-0.3, -0.25) is 4.79 Å². The Labute approximate surface area is 79.3 Å². The van der Waals surface area contributed by atoms with E-state index in [1.165, 1.54) is 11.8 Å². The van der Waals surface area contributed by atoms with Crippen molar-refractivity contribution in [1.29, 1.82) is 0 Å². The third-order valence-electron chi connectivity index (χ3n) is 1.35. The molecule has 0 aromatic carbocycles. The summed E-state index contributed by atoms with van der Waals surface area (Å²) in [6, 6.07) is 0.923. The SMILES string of the molecule is N[C@@H](CSCc1ccno1)C(=O)O. The Morgan fingerprint density at radius 2 is 2.62 bits per heavy atom. The van der Waals surface area contributed by atoms with Crippen LogP contribution in [0.3, 0.4) is 0 Å². The van der Waals surface area contributed by atoms with E-state index >= 15 is 0 Å². The molecule has 1 aromatic heterocycles. The molecule has 0 aliphatic heterocycles. The zero-order chi connectivity index (χ0) is 9.68. The Morgan fingerprint density at radius 3 is 3.15 bits per heavy atom. The molecule has 6 heteroatoms. The number of carboxylic acid groups (broad SMARTS) is 1. The lowest BCUT2D eigenvalue weighted by Crippen LogP contribution is -2.32. The van der Waals surface area contributed by atoms with E-state index in [4.69, 9.17) is 15.4 Å². The lowest BCUT2D eigenvalue weighted by atomic mass is 10.4. The van der Waals surface area contributed by atoms with Crippen LogP contribution in [0.15, 0.2) is 16.8 Å². The number of carbonyl (C=O) groups is 1. The summed E-state index contributed by atoms with van der Waals surface area (Å²) in [7, 11) is 0. The Morgan fingerprint density at radius 1 is 1.85 bits per heavy atom. The number of aromatic nitrogens is 1. The van der Waals surface area contributed by atoms with Gasteiger partial charge in [0.25, 0.3) is 0 Å². The van der Waals surface area contributed by atoms with Gasteiger partial charge < -0.3 is 15.4 Å². The minimum atomic E-state index is -0.981. The fourth-order valence-electron chi connectivity index (χ4n) is 0.674. The van der Waals surface area contributed by atoms with Crippen molar-refractivity contribution >= 4 is 17.7 Å². The van der Waals surface area contributed by atoms with Crippen molar-refractivity contribution in [2.24, 2.45) is 5.73 Å². The molecule has 0 amide bonds. The predicted octanol–water partition coefficient (Wildman–Crippen LogP) is 0.320. The topological polar surface area (TPSA) is 89.4 Å². The molecule has 0 saturated carbocycles. The fraction of sp³-hybridized carbons (Fsp3) is 0.429. The van der Waals surface area contributed by atoms with Crippen LogP contribution in [-0.4, -0.2) is 28.0 Å². The molecule has 0 spiro atoms. The number of thioether (sulfide) groups is 1. The first-order valence-corrected chi connectivity index (χ1v) is 4.81. The van der Waals surface area contributed by atoms with E-state index in [1.54, 1.807) is 12.3 Å². The molecule has 3 N–H and O–H groups in total. The van der Waals surface area contributed by atoms with Crippen LogP contribution in [0.1, 0.15) is 5.76 Å². The number of aliphatic carboxylic acids is 1. The van der Waals surface area contributed by atoms with Crippen molar-refractivity contribution in [2.45, 2.75) is 11.8 Å². The molecule has 0 saturated heterocycles. The molecule has 0 bridgehead atoms. The summed E-state index contributed by atoms with van der Waals surface area (Å²) in [5, 5.41) is 12.0. The van der Waals surface area contributed by atoms with Crippen molar-refractivity contribution in [2.75, 3.05) is 5.75 Å². The average molecular weight is 202 g/mol. The van der Waals surface area contributed by atoms with Gasteiger partial charge in [-0.1, -0.05) is 5.16 Å². The largest absolute Gasteiger partial charge is 0.480 e. The zero-order valence-corrected chi connectivity index (χ0v) is 7.66. The molecule has 0 aliphatic carbocycles. The van der Waals surface area contributed by atoms with Gasteiger partial charge in [0.2, 0.25) is 0 Å². The third kappa shape index (κ3) is 3.47. The van der Waals surface area contributed by atoms with Crippen LogP contribution in [0.4, 0.5) is 0 Å². The highest BCUT2D eigenvalue weighted by atomic mass is 32.2. The quantitative estimate of drug-likeness (QED) is 0.714. The molecule has 1 heterocycles. The van der Waals surface area contributed by atoms with E-state index < -0.39 is 12.0 Å². The van der Waals surface area contributed by atoms with Crippen LogP contribution in [0.2, 0.25) is 0 Å². The van der Waals surface area contributed by atoms with E-state index in [-0.39, 0.29) is 0 Å². The Hall–Kier alpha value is -1.01. The molecule has 0 unspecified atom stereocenters. The van der Waals surface area contributed by atoms with Crippen LogP contribution < -0.4 is 5.73 Å². The molecular weight excluding hydrogens is 192 g/mol. The van der Waals surface area contributed by atoms with Gasteiger partial charge in [0.1, 0.15) is 11.8 Å². The second kappa shape index (κ2) is 4.88. The van der Waals surface area contributed by atoms with Gasteiger partial charge in [0.05, 0.1) is 11.9 Å². The monoisotopic (exact) mass is 202 g/mol. The van der Waals surface area contributed by atoms with Crippen molar-refractivity contribution in [1.82, 2.24) is 5.16 Å². The Bertz CT molecular complexity index is 263. The number of nitrogens with two attached hydrogens (primary N) is 1. The average Bonchev–Trinajstić information content (AvgIpc) is 2.56. The number of carboxylic acids is 1. The molecule has 0 radical (unpaired) electrons. The number of hydrogen-bond acceptors (Lipinski definition) is 5. The maximum Gasteiger partial charge on any atom is 0.321 e. The number of nitrogens with zero attached hydrogens (tertiary/aromatic N) is 1. The highest BCUT2D eigenvalue weighted by Crippen LogP contribution is 2.11. The first-order chi connectivity index (χ1) is 6.20. The maximum absolute atomic E-state index is 10.3. The first kappa shape index (κ1) is 10.1. The van der Waals surface area contributed by atoms with E-state index in [0.717, 1.165) is 5.76 Å². The van der Waals surface area contributed by atoms with Crippen LogP contribution >= 0.6 is 11.8 Å². The van der Waals surface area contributed by atoms with Crippen molar-refractivity contribution in [3.63, 3.8) is 0 Å². The van der Waals surface area contributed by atoms with Crippen LogP contribution in [-0.2, 0) is 10.5 Å². The summed E-state index contributed by atoms with van der Waals surface area (Å²) in [5.74, 6) is 0.712. The molecule has 1 rings (SSSR count). The predicted molar refractivity (Wildman–Crippen MR) is 48.3 cm³/mol. The van der Waals surface area contributed by atoms with Gasteiger partial charge in [-0.2, -0.15) is 11.8 Å². The molecule has 5 nitrogen and oxygen atoms in total. The van der Waals surface area contributed by atoms with Crippen LogP contribution in [0, 0.1) is 0 Å². The van der Waals surface area contributed by atoms with E-state index in [2.05, 4.69) is 5.16 Å². The van der Waals surface area contributed by atoms with Crippen molar-refractivity contribution in [3.8, 4) is 0 Å². The Kier molecular flexibility index (Phi) is 3.78. The third-order valence-corrected chi connectivity index (χ3v) is 2.43. The Balaban J connectivity index is 2.18. The minimum absolute atomic E-state index is 0.371. The summed E-state index contributed by atoms with van der Waals surface area (Å²) in [6.07, 6.45) is 1.55. The summed E-state index contributed by atoms with van der Waals surface area (Å²) in [6.45, 7) is 0. The second-order valence-electron chi connectivity index (χ2n) is 2.44. The lowest BCUT2D eigenvalue weighted by Gasteiger charge is -2.03. The normalized spacial score (nSPS) is 12.7. The summed E-state index contributed by atoms with van der Waals surface area (Å²) >= 11 is 1.41. The van der Waals surface area contributed by atoms with Crippen LogP contribution in [0.25, 0.3) is 0 Å². The lowest BCUT2D eigenvalue weighted by molar-refractivity contribution is -0.137. The standard InChI is InChI=1S/C7H10N2O3S/c8-6(7(10)11)4-13-3-5-1-2-9-12-5/h1-2,6H,3-4,8H2,(H,10,11)/t6-/m0/s1. The van der Waals surface area contributed by atoms with Gasteiger partial charge in [-0.15, -0.1) is 0 Å². The summed E-state index contributed by atoms with van der Waals surface area (Å²) < 4.78 is 4.82. The zero-order valence-electron chi connectivity index (χ0n) is 6.84. The van der Waals surface area contributed by atoms with Crippen molar-refractivity contribution in [3.05, 3.63) is 18.0 Å². The molecule has 72 valence electrons. The second-order valence-corrected chi connectivity index (χ2v) is 3.47. The summed E-state index contributed by atoms with van der Waals surface area (Å²) in [5.41, 5.74) is 5.29. The minimum Gasteiger partial charge on any atom is -0.480 e. The highest BCUT2D eigenvalue weighted by molar-refractivity contribution is 7.98. The molecule has 0 aliphatic rings. The van der Waals surface area contributed by atoms with Gasteiger partial charge in [-0.25, -0.2) is 0 Å². The first-order valence-electron chi connectivity index (χ1n) is 3.66. The van der Waals surface area contributed by atoms with Crippen LogP contribution in [0.5, 0.6) is 0 Å². The van der Waals surface area contributed by atoms with Gasteiger partial charge in [0, 0.05) is 11.8 Å². The number of hydrogen-bond donors (Lipinski definition) is 2. The smallest absolute Gasteiger partial charge is 0.321 e. The number of rotatable bonds is 5. The van der Waals surface area contributed by atoms with E-state index in [9.17, 15) is 4.79 Å². The summed E-state index contributed by atoms with van der Waals surface area (Å²) in [4.78, 5) is 10.3. The van der Waals surface area contributed by atoms with E-state index in [1.807, 2.05) is 0 Å².